The maximum atomic E-state index is 13.4. The molecule has 11 heteroatoms. The van der Waals surface area contributed by atoms with Crippen LogP contribution in [0.5, 0.6) is 0 Å². The Morgan fingerprint density at radius 2 is 1.79 bits per heavy atom. The molecule has 1 aromatic carbocycles. The van der Waals surface area contributed by atoms with Gasteiger partial charge < -0.3 is 9.30 Å². The lowest BCUT2D eigenvalue weighted by Crippen LogP contribution is -2.31. The number of aromatic nitrogens is 3. The zero-order valence-corrected chi connectivity index (χ0v) is 18.0. The number of hydrogen-bond donors (Lipinski definition) is 0. The third-order valence-electron chi connectivity index (χ3n) is 5.08. The summed E-state index contributed by atoms with van der Waals surface area (Å²) in [4.78, 5) is 46.8. The molecule has 8 nitrogen and oxygen atoms in total. The van der Waals surface area contributed by atoms with Gasteiger partial charge in [0.1, 0.15) is 16.9 Å². The van der Waals surface area contributed by atoms with Gasteiger partial charge in [-0.05, 0) is 37.3 Å². The van der Waals surface area contributed by atoms with Crippen molar-refractivity contribution in [3.8, 4) is 0 Å². The highest BCUT2D eigenvalue weighted by Crippen LogP contribution is 2.32. The van der Waals surface area contributed by atoms with Crippen molar-refractivity contribution in [2.45, 2.75) is 13.1 Å². The fraction of sp³-hybridized carbons (Fsp3) is 0.174. The van der Waals surface area contributed by atoms with Crippen molar-refractivity contribution in [3.05, 3.63) is 87.3 Å². The number of alkyl halides is 3. The van der Waals surface area contributed by atoms with E-state index in [2.05, 4.69) is 9.98 Å². The second-order valence-electron chi connectivity index (χ2n) is 7.20. The molecule has 4 aromatic rings. The molecule has 4 rings (SSSR count). The number of rotatable bonds is 3. The molecular weight excluding hydrogens is 453 g/mol. The summed E-state index contributed by atoms with van der Waals surface area (Å²) in [6.07, 6.45) is -3.28. The van der Waals surface area contributed by atoms with E-state index in [0.717, 1.165) is 18.2 Å². The minimum Gasteiger partial charge on any atom is -0.462 e. The number of esters is 1. The van der Waals surface area contributed by atoms with Crippen molar-refractivity contribution in [2.24, 2.45) is 12.0 Å². The SMILES string of the molecule is CCOC(=O)c1cc2c(=O)n3ccccc3nc2n(C)c1=NC(=O)c1ccccc1C(F)(F)F. The fourth-order valence-electron chi connectivity index (χ4n) is 3.53. The number of carbonyl (C=O) groups is 2. The normalized spacial score (nSPS) is 12.3. The Morgan fingerprint density at radius 3 is 2.50 bits per heavy atom. The number of hydrogen-bond acceptors (Lipinski definition) is 5. The zero-order chi connectivity index (χ0) is 24.6. The lowest BCUT2D eigenvalue weighted by molar-refractivity contribution is -0.137. The molecular formula is C23H17F3N4O4. The van der Waals surface area contributed by atoms with E-state index in [9.17, 15) is 27.6 Å². The highest BCUT2D eigenvalue weighted by Gasteiger charge is 2.35. The van der Waals surface area contributed by atoms with Gasteiger partial charge in [-0.15, -0.1) is 0 Å². The lowest BCUT2D eigenvalue weighted by Gasteiger charge is -2.12. The summed E-state index contributed by atoms with van der Waals surface area (Å²) < 4.78 is 47.8. The number of ether oxygens (including phenoxy) is 1. The van der Waals surface area contributed by atoms with Gasteiger partial charge >= 0.3 is 12.1 Å². The van der Waals surface area contributed by atoms with E-state index < -0.39 is 34.7 Å². The van der Waals surface area contributed by atoms with Gasteiger partial charge in [0.2, 0.25) is 0 Å². The number of benzene rings is 1. The molecule has 0 bridgehead atoms. The number of amides is 1. The van der Waals surface area contributed by atoms with Crippen LogP contribution in [0.1, 0.15) is 33.2 Å². The van der Waals surface area contributed by atoms with Crippen LogP contribution in [0.25, 0.3) is 16.7 Å². The van der Waals surface area contributed by atoms with Gasteiger partial charge in [-0.3, -0.25) is 14.0 Å². The van der Waals surface area contributed by atoms with E-state index in [4.69, 9.17) is 4.74 Å². The Labute approximate surface area is 189 Å². The molecule has 0 saturated heterocycles. The molecule has 0 unspecified atom stereocenters. The minimum atomic E-state index is -4.79. The highest BCUT2D eigenvalue weighted by molar-refractivity contribution is 5.98. The zero-order valence-electron chi connectivity index (χ0n) is 18.0. The molecule has 0 radical (unpaired) electrons. The minimum absolute atomic E-state index is 0.0141. The molecule has 0 atom stereocenters. The summed E-state index contributed by atoms with van der Waals surface area (Å²) >= 11 is 0. The van der Waals surface area contributed by atoms with Crippen molar-refractivity contribution < 1.29 is 27.5 Å². The maximum absolute atomic E-state index is 13.4. The first kappa shape index (κ1) is 22.9. The van der Waals surface area contributed by atoms with Gasteiger partial charge in [0.05, 0.1) is 23.1 Å². The van der Waals surface area contributed by atoms with Crippen LogP contribution in [0.4, 0.5) is 13.2 Å². The van der Waals surface area contributed by atoms with Crippen LogP contribution >= 0.6 is 0 Å². The first-order chi connectivity index (χ1) is 16.1. The Morgan fingerprint density at radius 1 is 1.09 bits per heavy atom. The molecule has 174 valence electrons. The topological polar surface area (TPSA) is 95.0 Å². The van der Waals surface area contributed by atoms with Crippen LogP contribution in [0, 0.1) is 0 Å². The van der Waals surface area contributed by atoms with E-state index in [1.165, 1.54) is 34.3 Å². The van der Waals surface area contributed by atoms with Gasteiger partial charge in [-0.2, -0.15) is 18.2 Å². The van der Waals surface area contributed by atoms with Gasteiger partial charge in [0.15, 0.2) is 5.49 Å². The molecule has 0 saturated carbocycles. The Hall–Kier alpha value is -4.28. The van der Waals surface area contributed by atoms with Crippen molar-refractivity contribution >= 4 is 28.6 Å². The van der Waals surface area contributed by atoms with Crippen LogP contribution in [0.15, 0.2) is 64.5 Å². The molecule has 0 spiro atoms. The number of aryl methyl sites for hydroxylation is 1. The second-order valence-corrected chi connectivity index (χ2v) is 7.20. The predicted molar refractivity (Wildman–Crippen MR) is 115 cm³/mol. The fourth-order valence-corrected chi connectivity index (χ4v) is 3.53. The van der Waals surface area contributed by atoms with Gasteiger partial charge in [0.25, 0.3) is 11.5 Å². The standard InChI is InChI=1S/C23H17F3N4O4/c1-3-34-22(33)15-12-14-18(27-17-10-6-7-11-30(17)21(14)32)29(2)19(15)28-20(31)13-8-4-5-9-16(13)23(24,25)26/h4-12H,3H2,1-2H3. The number of pyridine rings is 2. The smallest absolute Gasteiger partial charge is 0.417 e. The molecule has 34 heavy (non-hydrogen) atoms. The molecule has 0 N–H and O–H groups in total. The Bertz CT molecular complexity index is 1590. The number of halogens is 3. The number of nitrogens with zero attached hydrogens (tertiary/aromatic N) is 4. The van der Waals surface area contributed by atoms with Gasteiger partial charge in [0, 0.05) is 13.2 Å². The molecule has 1 amide bonds. The first-order valence-electron chi connectivity index (χ1n) is 10.1. The Balaban J connectivity index is 2.06. The number of carbonyl (C=O) groups excluding carboxylic acids is 2. The van der Waals surface area contributed by atoms with Gasteiger partial charge in [-0.25, -0.2) is 9.78 Å². The maximum Gasteiger partial charge on any atom is 0.417 e. The van der Waals surface area contributed by atoms with Crippen molar-refractivity contribution in [3.63, 3.8) is 0 Å². The quantitative estimate of drug-likeness (QED) is 0.339. The van der Waals surface area contributed by atoms with E-state index >= 15 is 0 Å². The summed E-state index contributed by atoms with van der Waals surface area (Å²) in [5, 5.41) is 0.0383. The summed E-state index contributed by atoms with van der Waals surface area (Å²) in [5.41, 5.74) is -2.51. The van der Waals surface area contributed by atoms with Crippen molar-refractivity contribution in [2.75, 3.05) is 6.61 Å². The van der Waals surface area contributed by atoms with E-state index in [0.29, 0.717) is 5.65 Å². The van der Waals surface area contributed by atoms with E-state index in [1.807, 2.05) is 0 Å². The second kappa shape index (κ2) is 8.58. The third-order valence-corrected chi connectivity index (χ3v) is 5.08. The summed E-state index contributed by atoms with van der Waals surface area (Å²) in [6, 6.07) is 10.3. The molecule has 3 heterocycles. The average molecular weight is 470 g/mol. The molecule has 0 aliphatic carbocycles. The van der Waals surface area contributed by atoms with Gasteiger partial charge in [-0.1, -0.05) is 18.2 Å². The molecule has 0 fully saturated rings. The van der Waals surface area contributed by atoms with E-state index in [-0.39, 0.29) is 28.7 Å². The lowest BCUT2D eigenvalue weighted by atomic mass is 10.1. The molecule has 0 aliphatic rings. The highest BCUT2D eigenvalue weighted by atomic mass is 19.4. The number of fused-ring (bicyclic) bond motifs is 2. The third kappa shape index (κ3) is 3.96. The van der Waals surface area contributed by atoms with E-state index in [1.54, 1.807) is 25.1 Å². The summed E-state index contributed by atoms with van der Waals surface area (Å²) in [6.45, 7) is 1.55. The largest absolute Gasteiger partial charge is 0.462 e. The van der Waals surface area contributed by atoms with Crippen molar-refractivity contribution in [1.82, 2.24) is 14.0 Å². The average Bonchev–Trinajstić information content (AvgIpc) is 2.81. The van der Waals surface area contributed by atoms with Crippen LogP contribution in [-0.2, 0) is 18.0 Å². The summed E-state index contributed by atoms with van der Waals surface area (Å²) in [7, 11) is 1.40. The van der Waals surface area contributed by atoms with Crippen LogP contribution in [0.3, 0.4) is 0 Å². The first-order valence-corrected chi connectivity index (χ1v) is 10.1. The van der Waals surface area contributed by atoms with Crippen molar-refractivity contribution in [1.29, 1.82) is 0 Å². The monoisotopic (exact) mass is 470 g/mol. The van der Waals surface area contributed by atoms with Crippen LogP contribution < -0.4 is 11.0 Å². The Kier molecular flexibility index (Phi) is 5.78. The predicted octanol–water partition coefficient (Wildman–Crippen LogP) is 3.12. The molecule has 3 aromatic heterocycles. The van der Waals surface area contributed by atoms with Crippen LogP contribution in [-0.4, -0.2) is 32.4 Å². The van der Waals surface area contributed by atoms with Crippen LogP contribution in [0.2, 0.25) is 0 Å². The summed E-state index contributed by atoms with van der Waals surface area (Å²) in [5.74, 6) is -2.11. The molecule has 0 aliphatic heterocycles.